The zero-order valence-corrected chi connectivity index (χ0v) is 11.9. The SMILES string of the molecule is CC(C)CC(CN)C(=O)NCC1(CC(=O)O)CCC1. The molecule has 1 atom stereocenters. The Kier molecular flexibility index (Phi) is 5.79. The maximum Gasteiger partial charge on any atom is 0.303 e. The van der Waals surface area contributed by atoms with Crippen molar-refractivity contribution in [2.24, 2.45) is 23.0 Å². The lowest BCUT2D eigenvalue weighted by Crippen LogP contribution is -2.46. The van der Waals surface area contributed by atoms with E-state index in [9.17, 15) is 9.59 Å². The van der Waals surface area contributed by atoms with Gasteiger partial charge in [-0.25, -0.2) is 0 Å². The van der Waals surface area contributed by atoms with Gasteiger partial charge in [0.05, 0.1) is 12.3 Å². The molecule has 1 rings (SSSR count). The molecule has 1 aliphatic carbocycles. The molecular formula is C14H26N2O3. The van der Waals surface area contributed by atoms with Crippen LogP contribution in [0.3, 0.4) is 0 Å². The second-order valence-electron chi connectivity index (χ2n) is 6.20. The van der Waals surface area contributed by atoms with Crippen molar-refractivity contribution in [3.05, 3.63) is 0 Å². The minimum Gasteiger partial charge on any atom is -0.481 e. The second-order valence-corrected chi connectivity index (χ2v) is 6.20. The Morgan fingerprint density at radius 2 is 2.00 bits per heavy atom. The summed E-state index contributed by atoms with van der Waals surface area (Å²) in [6, 6.07) is 0. The fourth-order valence-corrected chi connectivity index (χ4v) is 2.71. The van der Waals surface area contributed by atoms with E-state index in [0.717, 1.165) is 25.7 Å². The number of nitrogens with one attached hydrogen (secondary N) is 1. The molecule has 5 nitrogen and oxygen atoms in total. The maximum atomic E-state index is 12.0. The number of carboxylic acid groups (broad SMARTS) is 1. The van der Waals surface area contributed by atoms with Crippen molar-refractivity contribution < 1.29 is 14.7 Å². The van der Waals surface area contributed by atoms with Crippen LogP contribution in [0.5, 0.6) is 0 Å². The first-order valence-corrected chi connectivity index (χ1v) is 7.08. The molecule has 0 aromatic carbocycles. The third kappa shape index (κ3) is 4.82. The van der Waals surface area contributed by atoms with Crippen LogP contribution in [-0.4, -0.2) is 30.1 Å². The van der Waals surface area contributed by atoms with Crippen molar-refractivity contribution in [1.82, 2.24) is 5.32 Å². The molecule has 0 aliphatic heterocycles. The van der Waals surface area contributed by atoms with E-state index in [0.29, 0.717) is 19.0 Å². The molecule has 1 aliphatic rings. The van der Waals surface area contributed by atoms with E-state index >= 15 is 0 Å². The van der Waals surface area contributed by atoms with Crippen molar-refractivity contribution in [3.8, 4) is 0 Å². The Balaban J connectivity index is 2.45. The highest BCUT2D eigenvalue weighted by Gasteiger charge is 2.39. The molecule has 0 aromatic rings. The first-order valence-electron chi connectivity index (χ1n) is 7.08. The fraction of sp³-hybridized carbons (Fsp3) is 0.857. The van der Waals surface area contributed by atoms with E-state index < -0.39 is 5.97 Å². The molecule has 1 saturated carbocycles. The average Bonchev–Trinajstić information content (AvgIpc) is 2.28. The molecule has 4 N–H and O–H groups in total. The minimum absolute atomic E-state index is 0.0344. The second kappa shape index (κ2) is 6.89. The summed E-state index contributed by atoms with van der Waals surface area (Å²) in [4.78, 5) is 22.9. The number of amides is 1. The molecule has 0 aromatic heterocycles. The van der Waals surface area contributed by atoms with Gasteiger partial charge in [0.25, 0.3) is 0 Å². The summed E-state index contributed by atoms with van der Waals surface area (Å²) in [5, 5.41) is 11.8. The Morgan fingerprint density at radius 3 is 2.37 bits per heavy atom. The Morgan fingerprint density at radius 1 is 1.37 bits per heavy atom. The third-order valence-electron chi connectivity index (χ3n) is 3.99. The normalized spacial score (nSPS) is 18.7. The topological polar surface area (TPSA) is 92.4 Å². The zero-order valence-electron chi connectivity index (χ0n) is 11.9. The average molecular weight is 270 g/mol. The largest absolute Gasteiger partial charge is 0.481 e. The fourth-order valence-electron chi connectivity index (χ4n) is 2.71. The van der Waals surface area contributed by atoms with Crippen molar-refractivity contribution >= 4 is 11.9 Å². The number of hydrogen-bond donors (Lipinski definition) is 3. The summed E-state index contributed by atoms with van der Waals surface area (Å²) in [7, 11) is 0. The summed E-state index contributed by atoms with van der Waals surface area (Å²) >= 11 is 0. The quantitative estimate of drug-likeness (QED) is 0.621. The molecule has 0 spiro atoms. The van der Waals surface area contributed by atoms with Gasteiger partial charge in [-0.15, -0.1) is 0 Å². The Bertz CT molecular complexity index is 325. The van der Waals surface area contributed by atoms with E-state index in [-0.39, 0.29) is 23.7 Å². The highest BCUT2D eigenvalue weighted by molar-refractivity contribution is 5.79. The number of nitrogens with two attached hydrogens (primary N) is 1. The van der Waals surface area contributed by atoms with Gasteiger partial charge in [0.15, 0.2) is 0 Å². The van der Waals surface area contributed by atoms with Gasteiger partial charge in [0.1, 0.15) is 0 Å². The van der Waals surface area contributed by atoms with Crippen LogP contribution in [0.15, 0.2) is 0 Å². The number of carboxylic acids is 1. The number of rotatable bonds is 8. The van der Waals surface area contributed by atoms with Crippen LogP contribution in [0.2, 0.25) is 0 Å². The van der Waals surface area contributed by atoms with Gasteiger partial charge in [0, 0.05) is 13.1 Å². The number of aliphatic carboxylic acids is 1. The zero-order chi connectivity index (χ0) is 14.5. The highest BCUT2D eigenvalue weighted by Crippen LogP contribution is 2.43. The van der Waals surface area contributed by atoms with Gasteiger partial charge >= 0.3 is 5.97 Å². The van der Waals surface area contributed by atoms with Crippen molar-refractivity contribution in [1.29, 1.82) is 0 Å². The van der Waals surface area contributed by atoms with Crippen LogP contribution in [0.25, 0.3) is 0 Å². The summed E-state index contributed by atoms with van der Waals surface area (Å²) < 4.78 is 0. The molecule has 1 amide bonds. The van der Waals surface area contributed by atoms with E-state index in [1.165, 1.54) is 0 Å². The smallest absolute Gasteiger partial charge is 0.303 e. The summed E-state index contributed by atoms with van der Waals surface area (Å²) in [5.74, 6) is -0.558. The van der Waals surface area contributed by atoms with E-state index in [1.807, 2.05) is 0 Å². The van der Waals surface area contributed by atoms with Crippen molar-refractivity contribution in [2.45, 2.75) is 46.0 Å². The summed E-state index contributed by atoms with van der Waals surface area (Å²) in [6.45, 7) is 4.93. The molecule has 0 bridgehead atoms. The first kappa shape index (κ1) is 16.0. The predicted octanol–water partition coefficient (Wildman–Crippen LogP) is 1.37. The summed E-state index contributed by atoms with van der Waals surface area (Å²) in [6.07, 6.45) is 3.74. The van der Waals surface area contributed by atoms with E-state index in [1.54, 1.807) is 0 Å². The number of carbonyl (C=O) groups is 2. The molecule has 19 heavy (non-hydrogen) atoms. The van der Waals surface area contributed by atoms with Gasteiger partial charge in [0.2, 0.25) is 5.91 Å². The van der Waals surface area contributed by atoms with Gasteiger partial charge in [-0.3, -0.25) is 9.59 Å². The molecule has 0 heterocycles. The van der Waals surface area contributed by atoms with Crippen LogP contribution in [-0.2, 0) is 9.59 Å². The van der Waals surface area contributed by atoms with Crippen LogP contribution in [0.1, 0.15) is 46.0 Å². The Hall–Kier alpha value is -1.10. The lowest BCUT2D eigenvalue weighted by Gasteiger charge is -2.41. The molecule has 5 heteroatoms. The highest BCUT2D eigenvalue weighted by atomic mass is 16.4. The summed E-state index contributed by atoms with van der Waals surface area (Å²) in [5.41, 5.74) is 5.41. The number of hydrogen-bond acceptors (Lipinski definition) is 3. The molecule has 1 unspecified atom stereocenters. The minimum atomic E-state index is -0.786. The van der Waals surface area contributed by atoms with Gasteiger partial charge in [-0.1, -0.05) is 20.3 Å². The van der Waals surface area contributed by atoms with Crippen molar-refractivity contribution in [3.63, 3.8) is 0 Å². The van der Waals surface area contributed by atoms with Crippen LogP contribution in [0.4, 0.5) is 0 Å². The van der Waals surface area contributed by atoms with Gasteiger partial charge in [-0.05, 0) is 30.6 Å². The molecular weight excluding hydrogens is 244 g/mol. The van der Waals surface area contributed by atoms with Crippen LogP contribution >= 0.6 is 0 Å². The molecule has 1 fully saturated rings. The lowest BCUT2D eigenvalue weighted by atomic mass is 9.66. The first-order chi connectivity index (χ1) is 8.88. The van der Waals surface area contributed by atoms with E-state index in [2.05, 4.69) is 19.2 Å². The van der Waals surface area contributed by atoms with Crippen molar-refractivity contribution in [2.75, 3.05) is 13.1 Å². The van der Waals surface area contributed by atoms with E-state index in [4.69, 9.17) is 10.8 Å². The number of carbonyl (C=O) groups excluding carboxylic acids is 1. The van der Waals surface area contributed by atoms with Gasteiger partial charge in [-0.2, -0.15) is 0 Å². The predicted molar refractivity (Wildman–Crippen MR) is 73.5 cm³/mol. The molecule has 0 radical (unpaired) electrons. The Labute approximate surface area is 114 Å². The lowest BCUT2D eigenvalue weighted by molar-refractivity contribution is -0.142. The third-order valence-corrected chi connectivity index (χ3v) is 3.99. The molecule has 110 valence electrons. The standard InChI is InChI=1S/C14H26N2O3/c1-10(2)6-11(8-15)13(19)16-9-14(4-3-5-14)7-12(17)18/h10-11H,3-9,15H2,1-2H3,(H,16,19)(H,17,18). The van der Waals surface area contributed by atoms with Crippen LogP contribution in [0, 0.1) is 17.3 Å². The van der Waals surface area contributed by atoms with Crippen LogP contribution < -0.4 is 11.1 Å². The maximum absolute atomic E-state index is 12.0. The van der Waals surface area contributed by atoms with Gasteiger partial charge < -0.3 is 16.2 Å². The monoisotopic (exact) mass is 270 g/mol. The molecule has 0 saturated heterocycles.